The van der Waals surface area contributed by atoms with Crippen LogP contribution in [0, 0.1) is 6.92 Å². The summed E-state index contributed by atoms with van der Waals surface area (Å²) in [4.78, 5) is 12.4. The van der Waals surface area contributed by atoms with E-state index in [-0.39, 0.29) is 12.4 Å². The van der Waals surface area contributed by atoms with Gasteiger partial charge in [-0.05, 0) is 31.2 Å². The van der Waals surface area contributed by atoms with Crippen LogP contribution in [0.4, 0.5) is 5.69 Å². The molecule has 140 valence electrons. The lowest BCUT2D eigenvalue weighted by Gasteiger charge is -2.06. The highest BCUT2D eigenvalue weighted by molar-refractivity contribution is 6.00. The lowest BCUT2D eigenvalue weighted by molar-refractivity contribution is 1.03. The molecule has 0 spiro atoms. The highest BCUT2D eigenvalue weighted by Crippen LogP contribution is 2.14. The van der Waals surface area contributed by atoms with E-state index in [2.05, 4.69) is 27.4 Å². The van der Waals surface area contributed by atoms with Crippen molar-refractivity contribution in [3.63, 3.8) is 0 Å². The zero-order valence-electron chi connectivity index (χ0n) is 15.3. The Morgan fingerprint density at radius 2 is 1.64 bits per heavy atom. The van der Waals surface area contributed by atoms with Gasteiger partial charge in [-0.3, -0.25) is 5.43 Å². The number of aryl methyl sites for hydroxylation is 1. The van der Waals surface area contributed by atoms with Crippen LogP contribution in [0.5, 0.6) is 0 Å². The molecule has 1 aromatic heterocycles. The molecule has 0 atom stereocenters. The Bertz CT molecular complexity index is 1070. The summed E-state index contributed by atoms with van der Waals surface area (Å²) in [5, 5.41) is 4.33. The number of rotatable bonds is 4. The fourth-order valence-corrected chi connectivity index (χ4v) is 2.69. The second-order valence-electron chi connectivity index (χ2n) is 6.17. The third-order valence-electron chi connectivity index (χ3n) is 4.09. The average molecular weight is 390 g/mol. The number of fused-ring (bicyclic) bond motifs is 1. The van der Waals surface area contributed by atoms with Crippen LogP contribution in [0.1, 0.15) is 17.0 Å². The number of aliphatic imine (C=N–C) groups is 1. The van der Waals surface area contributed by atoms with Crippen molar-refractivity contribution in [1.29, 1.82) is 0 Å². The van der Waals surface area contributed by atoms with Crippen molar-refractivity contribution < 1.29 is 0 Å². The fraction of sp³-hybridized carbons (Fsp3) is 0.0455. The third-order valence-corrected chi connectivity index (χ3v) is 4.09. The minimum Gasteiger partial charge on any atom is -0.337 e. The zero-order valence-corrected chi connectivity index (χ0v) is 16.1. The van der Waals surface area contributed by atoms with E-state index in [0.29, 0.717) is 11.7 Å². The van der Waals surface area contributed by atoms with Gasteiger partial charge in [-0.1, -0.05) is 60.2 Å². The summed E-state index contributed by atoms with van der Waals surface area (Å²) in [7, 11) is 0. The number of hydrazone groups is 1. The van der Waals surface area contributed by atoms with E-state index < -0.39 is 0 Å². The molecule has 28 heavy (non-hydrogen) atoms. The van der Waals surface area contributed by atoms with Crippen molar-refractivity contribution in [2.24, 2.45) is 10.1 Å². The number of amidine groups is 1. The number of hydrogen-bond acceptors (Lipinski definition) is 3. The van der Waals surface area contributed by atoms with Crippen molar-refractivity contribution in [2.45, 2.75) is 6.92 Å². The van der Waals surface area contributed by atoms with Gasteiger partial charge in [0.25, 0.3) is 0 Å². The van der Waals surface area contributed by atoms with Crippen LogP contribution in [0.25, 0.3) is 11.0 Å². The second-order valence-corrected chi connectivity index (χ2v) is 6.17. The quantitative estimate of drug-likeness (QED) is 0.293. The number of H-pyrrole nitrogens is 1. The molecule has 0 radical (unpaired) electrons. The molecule has 0 saturated heterocycles. The lowest BCUT2D eigenvalue weighted by Crippen LogP contribution is -2.19. The Morgan fingerprint density at radius 1 is 0.929 bits per heavy atom. The molecular weight excluding hydrogens is 370 g/mol. The molecule has 3 aromatic carbocycles. The highest BCUT2D eigenvalue weighted by atomic mass is 35.5. The monoisotopic (exact) mass is 389 g/mol. The number of aromatic nitrogens is 2. The van der Waals surface area contributed by atoms with Crippen LogP contribution in [-0.2, 0) is 0 Å². The largest absolute Gasteiger partial charge is 0.337 e. The second kappa shape index (κ2) is 8.97. The SMILES string of the molecule is Cc1ccc(N=C(NN=Cc2nc3ccccc3[nH]2)c2ccccc2)cc1.Cl. The molecule has 1 heterocycles. The molecular formula is C22H20ClN5. The Morgan fingerprint density at radius 3 is 2.39 bits per heavy atom. The van der Waals surface area contributed by atoms with E-state index in [0.717, 1.165) is 22.3 Å². The predicted molar refractivity (Wildman–Crippen MR) is 118 cm³/mol. The first-order valence-electron chi connectivity index (χ1n) is 8.72. The molecule has 0 saturated carbocycles. The van der Waals surface area contributed by atoms with E-state index in [1.807, 2.05) is 78.9 Å². The molecule has 6 heteroatoms. The fourth-order valence-electron chi connectivity index (χ4n) is 2.69. The Kier molecular flexibility index (Phi) is 6.19. The molecule has 0 amide bonds. The zero-order chi connectivity index (χ0) is 18.5. The van der Waals surface area contributed by atoms with Crippen LogP contribution in [-0.4, -0.2) is 22.0 Å². The Hall–Kier alpha value is -3.44. The Balaban J connectivity index is 0.00000225. The van der Waals surface area contributed by atoms with E-state index >= 15 is 0 Å². The molecule has 0 bridgehead atoms. The molecule has 4 rings (SSSR count). The summed E-state index contributed by atoms with van der Waals surface area (Å²) in [6, 6.07) is 25.9. The van der Waals surface area contributed by atoms with Crippen LogP contribution in [0.2, 0.25) is 0 Å². The first-order valence-corrected chi connectivity index (χ1v) is 8.72. The van der Waals surface area contributed by atoms with E-state index in [1.54, 1.807) is 6.21 Å². The van der Waals surface area contributed by atoms with Crippen molar-refractivity contribution in [1.82, 2.24) is 15.4 Å². The van der Waals surface area contributed by atoms with Crippen LogP contribution in [0.3, 0.4) is 0 Å². The van der Waals surface area contributed by atoms with Crippen LogP contribution >= 0.6 is 12.4 Å². The van der Waals surface area contributed by atoms with Crippen molar-refractivity contribution in [3.8, 4) is 0 Å². The first-order chi connectivity index (χ1) is 13.3. The van der Waals surface area contributed by atoms with Crippen LogP contribution < -0.4 is 5.43 Å². The maximum atomic E-state index is 4.71. The van der Waals surface area contributed by atoms with Gasteiger partial charge in [-0.15, -0.1) is 12.4 Å². The molecule has 0 aliphatic carbocycles. The molecule has 0 aliphatic rings. The van der Waals surface area contributed by atoms with Gasteiger partial charge >= 0.3 is 0 Å². The minimum atomic E-state index is 0. The minimum absolute atomic E-state index is 0. The van der Waals surface area contributed by atoms with Crippen molar-refractivity contribution >= 4 is 41.2 Å². The highest BCUT2D eigenvalue weighted by Gasteiger charge is 2.03. The summed E-state index contributed by atoms with van der Waals surface area (Å²) in [6.07, 6.45) is 1.66. The Labute approximate surface area is 169 Å². The van der Waals surface area contributed by atoms with Gasteiger partial charge in [-0.2, -0.15) is 5.10 Å². The topological polar surface area (TPSA) is 65.4 Å². The van der Waals surface area contributed by atoms with Gasteiger partial charge < -0.3 is 4.98 Å². The number of hydrogen-bond donors (Lipinski definition) is 2. The summed E-state index contributed by atoms with van der Waals surface area (Å²) in [5.74, 6) is 1.36. The molecule has 2 N–H and O–H groups in total. The van der Waals surface area contributed by atoms with Gasteiger partial charge in [0.1, 0.15) is 0 Å². The smallest absolute Gasteiger partial charge is 0.154 e. The summed E-state index contributed by atoms with van der Waals surface area (Å²) < 4.78 is 0. The third kappa shape index (κ3) is 4.64. The van der Waals surface area contributed by atoms with Crippen LogP contribution in [0.15, 0.2) is 89.0 Å². The standard InChI is InChI=1S/C22H19N5.ClH/c1-16-11-13-18(14-12-16)24-22(17-7-3-2-4-8-17)27-23-15-21-25-19-9-5-6-10-20(19)26-21;/h2-15H,1H3,(H,24,27)(H,25,26);1H. The van der Waals surface area contributed by atoms with Crippen molar-refractivity contribution in [2.75, 3.05) is 0 Å². The van der Waals surface area contributed by atoms with Crippen molar-refractivity contribution in [3.05, 3.63) is 95.8 Å². The normalized spacial score (nSPS) is 11.5. The average Bonchev–Trinajstić information content (AvgIpc) is 3.12. The molecule has 0 unspecified atom stereocenters. The van der Waals surface area contributed by atoms with Gasteiger partial charge in [0, 0.05) is 5.56 Å². The summed E-state index contributed by atoms with van der Waals surface area (Å²) in [5.41, 5.74) is 7.97. The van der Waals surface area contributed by atoms with E-state index in [1.165, 1.54) is 5.56 Å². The summed E-state index contributed by atoms with van der Waals surface area (Å²) in [6.45, 7) is 2.06. The van der Waals surface area contributed by atoms with E-state index in [9.17, 15) is 0 Å². The van der Waals surface area contributed by atoms with Gasteiger partial charge in [0.2, 0.25) is 0 Å². The summed E-state index contributed by atoms with van der Waals surface area (Å²) >= 11 is 0. The maximum Gasteiger partial charge on any atom is 0.154 e. The van der Waals surface area contributed by atoms with Gasteiger partial charge in [-0.25, -0.2) is 9.98 Å². The number of aromatic amines is 1. The maximum absolute atomic E-state index is 4.71. The van der Waals surface area contributed by atoms with Gasteiger partial charge in [0.15, 0.2) is 11.7 Å². The first kappa shape index (κ1) is 19.3. The number of imidazole rings is 1. The van der Waals surface area contributed by atoms with E-state index in [4.69, 9.17) is 4.99 Å². The van der Waals surface area contributed by atoms with Gasteiger partial charge in [0.05, 0.1) is 22.9 Å². The number of nitrogens with one attached hydrogen (secondary N) is 2. The predicted octanol–water partition coefficient (Wildman–Crippen LogP) is 5.00. The molecule has 0 aliphatic heterocycles. The molecule has 5 nitrogen and oxygen atoms in total. The molecule has 4 aromatic rings. The number of para-hydroxylation sites is 2. The lowest BCUT2D eigenvalue weighted by atomic mass is 10.2. The number of benzene rings is 3. The molecule has 0 fully saturated rings. The number of halogens is 1. The number of nitrogens with zero attached hydrogens (tertiary/aromatic N) is 3.